The van der Waals surface area contributed by atoms with Crippen LogP contribution in [0.5, 0.6) is 0 Å². The number of nitrogens with two attached hydrogens (primary N) is 1. The van der Waals surface area contributed by atoms with Gasteiger partial charge >= 0.3 is 0 Å². The number of nitrogen functional groups attached to an aromatic ring is 1. The van der Waals surface area contributed by atoms with Gasteiger partial charge in [-0.2, -0.15) is 0 Å². The molecule has 3 nitrogen and oxygen atoms in total. The third-order valence-corrected chi connectivity index (χ3v) is 4.15. The molecule has 0 heterocycles. The third kappa shape index (κ3) is 3.20. The van der Waals surface area contributed by atoms with Gasteiger partial charge in [-0.1, -0.05) is 19.8 Å². The van der Waals surface area contributed by atoms with Crippen molar-refractivity contribution in [2.24, 2.45) is 0 Å². The standard InChI is InChI=1S/C11H16FNO2S/c1-2-3-4-7-16(14,15)9-5-6-11(13)10(12)8-9/h5-6,8H,2-4,7,13H2,1H3. The van der Waals surface area contributed by atoms with Crippen molar-refractivity contribution in [1.29, 1.82) is 0 Å². The SMILES string of the molecule is CCCCCS(=O)(=O)c1ccc(N)c(F)c1. The van der Waals surface area contributed by atoms with Gasteiger partial charge in [-0.15, -0.1) is 0 Å². The number of unbranched alkanes of at least 4 members (excludes halogenated alkanes) is 2. The molecule has 1 rings (SSSR count). The zero-order chi connectivity index (χ0) is 12.2. The monoisotopic (exact) mass is 245 g/mol. The van der Waals surface area contributed by atoms with E-state index in [4.69, 9.17) is 5.73 Å². The molecule has 90 valence electrons. The molecule has 2 N–H and O–H groups in total. The summed E-state index contributed by atoms with van der Waals surface area (Å²) in [7, 11) is -3.37. The van der Waals surface area contributed by atoms with Crippen molar-refractivity contribution >= 4 is 15.5 Å². The highest BCUT2D eigenvalue weighted by molar-refractivity contribution is 7.91. The number of benzene rings is 1. The Labute approximate surface area is 95.4 Å². The Hall–Kier alpha value is -1.10. The van der Waals surface area contributed by atoms with Gasteiger partial charge < -0.3 is 5.73 Å². The molecule has 16 heavy (non-hydrogen) atoms. The van der Waals surface area contributed by atoms with E-state index >= 15 is 0 Å². The van der Waals surface area contributed by atoms with E-state index in [9.17, 15) is 12.8 Å². The maximum Gasteiger partial charge on any atom is 0.178 e. The van der Waals surface area contributed by atoms with E-state index < -0.39 is 15.7 Å². The molecule has 0 fully saturated rings. The van der Waals surface area contributed by atoms with E-state index in [1.54, 1.807) is 0 Å². The zero-order valence-electron chi connectivity index (χ0n) is 9.24. The van der Waals surface area contributed by atoms with Crippen LogP contribution in [0.2, 0.25) is 0 Å². The van der Waals surface area contributed by atoms with Crippen LogP contribution >= 0.6 is 0 Å². The number of rotatable bonds is 5. The van der Waals surface area contributed by atoms with Gasteiger partial charge in [-0.05, 0) is 24.6 Å². The lowest BCUT2D eigenvalue weighted by Gasteiger charge is -2.05. The second-order valence-electron chi connectivity index (χ2n) is 3.71. The van der Waals surface area contributed by atoms with Crippen molar-refractivity contribution < 1.29 is 12.8 Å². The van der Waals surface area contributed by atoms with Gasteiger partial charge in [0, 0.05) is 0 Å². The van der Waals surface area contributed by atoms with Crippen LogP contribution < -0.4 is 5.73 Å². The van der Waals surface area contributed by atoms with Crippen LogP contribution in [0.25, 0.3) is 0 Å². The largest absolute Gasteiger partial charge is 0.396 e. The summed E-state index contributed by atoms with van der Waals surface area (Å²) in [6.07, 6.45) is 2.41. The maximum atomic E-state index is 13.1. The summed E-state index contributed by atoms with van der Waals surface area (Å²) >= 11 is 0. The third-order valence-electron chi connectivity index (χ3n) is 2.35. The Balaban J connectivity index is 2.86. The Bertz CT molecular complexity index is 457. The van der Waals surface area contributed by atoms with E-state index in [1.807, 2.05) is 6.92 Å². The molecule has 0 radical (unpaired) electrons. The summed E-state index contributed by atoms with van der Waals surface area (Å²) in [5.74, 6) is -0.624. The van der Waals surface area contributed by atoms with Crippen LogP contribution in [-0.4, -0.2) is 14.2 Å². The lowest BCUT2D eigenvalue weighted by Crippen LogP contribution is -2.07. The van der Waals surface area contributed by atoms with Gasteiger partial charge in [0.2, 0.25) is 0 Å². The fraction of sp³-hybridized carbons (Fsp3) is 0.455. The lowest BCUT2D eigenvalue weighted by atomic mass is 10.3. The van der Waals surface area contributed by atoms with Crippen LogP contribution in [0, 0.1) is 5.82 Å². The molecule has 1 aromatic carbocycles. The Kier molecular flexibility index (Phi) is 4.29. The second kappa shape index (κ2) is 5.30. The highest BCUT2D eigenvalue weighted by atomic mass is 32.2. The molecular weight excluding hydrogens is 229 g/mol. The molecule has 0 saturated heterocycles. The quantitative estimate of drug-likeness (QED) is 0.640. The van der Waals surface area contributed by atoms with Crippen molar-refractivity contribution in [2.75, 3.05) is 11.5 Å². The summed E-state index contributed by atoms with van der Waals surface area (Å²) < 4.78 is 36.6. The van der Waals surface area contributed by atoms with Crippen LogP contribution in [0.4, 0.5) is 10.1 Å². The van der Waals surface area contributed by atoms with Crippen LogP contribution in [0.3, 0.4) is 0 Å². The fourth-order valence-electron chi connectivity index (χ4n) is 1.36. The van der Waals surface area contributed by atoms with E-state index in [2.05, 4.69) is 0 Å². The highest BCUT2D eigenvalue weighted by Gasteiger charge is 2.15. The summed E-state index contributed by atoms with van der Waals surface area (Å²) in [5.41, 5.74) is 5.25. The predicted molar refractivity (Wildman–Crippen MR) is 62.4 cm³/mol. The van der Waals surface area contributed by atoms with Gasteiger partial charge in [-0.3, -0.25) is 0 Å². The van der Waals surface area contributed by atoms with Gasteiger partial charge in [0.1, 0.15) is 5.82 Å². The molecule has 1 aromatic rings. The number of hydrogen-bond donors (Lipinski definition) is 1. The average molecular weight is 245 g/mol. The zero-order valence-corrected chi connectivity index (χ0v) is 10.1. The number of sulfone groups is 1. The molecule has 5 heteroatoms. The van der Waals surface area contributed by atoms with E-state index in [0.29, 0.717) is 6.42 Å². The molecule has 0 bridgehead atoms. The van der Waals surface area contributed by atoms with E-state index in [1.165, 1.54) is 12.1 Å². The van der Waals surface area contributed by atoms with Gasteiger partial charge in [0.15, 0.2) is 9.84 Å². The summed E-state index contributed by atoms with van der Waals surface area (Å²) in [5, 5.41) is 0. The van der Waals surface area contributed by atoms with Crippen LogP contribution in [-0.2, 0) is 9.84 Å². The molecule has 0 aromatic heterocycles. The molecule has 0 saturated carbocycles. The summed E-state index contributed by atoms with van der Waals surface area (Å²) in [4.78, 5) is 0.00954. The maximum absolute atomic E-state index is 13.1. The molecule has 0 spiro atoms. The second-order valence-corrected chi connectivity index (χ2v) is 5.82. The van der Waals surface area contributed by atoms with Gasteiger partial charge in [0.25, 0.3) is 0 Å². The first-order chi connectivity index (χ1) is 7.47. The first-order valence-corrected chi connectivity index (χ1v) is 6.90. The molecule has 0 unspecified atom stereocenters. The first kappa shape index (κ1) is 13.0. The van der Waals surface area contributed by atoms with Crippen molar-refractivity contribution in [2.45, 2.75) is 31.1 Å². The number of anilines is 1. The minimum Gasteiger partial charge on any atom is -0.396 e. The highest BCUT2D eigenvalue weighted by Crippen LogP contribution is 2.18. The van der Waals surface area contributed by atoms with Crippen LogP contribution in [0.1, 0.15) is 26.2 Å². The molecule has 0 atom stereocenters. The Morgan fingerprint density at radius 1 is 1.31 bits per heavy atom. The number of hydrogen-bond acceptors (Lipinski definition) is 3. The number of halogens is 1. The smallest absolute Gasteiger partial charge is 0.178 e. The predicted octanol–water partition coefficient (Wildman–Crippen LogP) is 2.37. The van der Waals surface area contributed by atoms with Crippen molar-refractivity contribution in [3.63, 3.8) is 0 Å². The van der Waals surface area contributed by atoms with Gasteiger partial charge in [0.05, 0.1) is 16.3 Å². The normalized spacial score (nSPS) is 11.6. The Morgan fingerprint density at radius 3 is 2.56 bits per heavy atom. The van der Waals surface area contributed by atoms with E-state index in [0.717, 1.165) is 18.9 Å². The van der Waals surface area contributed by atoms with E-state index in [-0.39, 0.29) is 16.3 Å². The molecule has 0 aliphatic carbocycles. The van der Waals surface area contributed by atoms with Gasteiger partial charge in [-0.25, -0.2) is 12.8 Å². The molecule has 0 aliphatic rings. The molecule has 0 amide bonds. The average Bonchev–Trinajstić information content (AvgIpc) is 2.22. The van der Waals surface area contributed by atoms with Crippen molar-refractivity contribution in [1.82, 2.24) is 0 Å². The van der Waals surface area contributed by atoms with Crippen LogP contribution in [0.15, 0.2) is 23.1 Å². The summed E-state index contributed by atoms with van der Waals surface area (Å²) in [6, 6.07) is 3.61. The van der Waals surface area contributed by atoms with Crippen molar-refractivity contribution in [3.05, 3.63) is 24.0 Å². The Morgan fingerprint density at radius 2 is 2.00 bits per heavy atom. The lowest BCUT2D eigenvalue weighted by molar-refractivity contribution is 0.587. The minimum absolute atomic E-state index is 0.00954. The fourth-order valence-corrected chi connectivity index (χ4v) is 2.74. The van der Waals surface area contributed by atoms with Crippen molar-refractivity contribution in [3.8, 4) is 0 Å². The first-order valence-electron chi connectivity index (χ1n) is 5.25. The molecular formula is C11H16FNO2S. The topological polar surface area (TPSA) is 60.2 Å². The minimum atomic E-state index is -3.37. The molecule has 0 aliphatic heterocycles. The summed E-state index contributed by atoms with van der Waals surface area (Å²) in [6.45, 7) is 2.00.